The van der Waals surface area contributed by atoms with Gasteiger partial charge in [-0.15, -0.1) is 6.58 Å². The first-order chi connectivity index (χ1) is 6.74. The van der Waals surface area contributed by atoms with E-state index in [2.05, 4.69) is 11.9 Å². The maximum atomic E-state index is 11.4. The molecule has 0 aromatic rings. The first-order valence-corrected chi connectivity index (χ1v) is 4.91. The molecular formula is C10H18N2O2. The summed E-state index contributed by atoms with van der Waals surface area (Å²) in [6.45, 7) is 6.65. The van der Waals surface area contributed by atoms with Crippen LogP contribution in [0.1, 0.15) is 6.42 Å². The molecule has 1 aliphatic heterocycles. The van der Waals surface area contributed by atoms with Crippen LogP contribution in [0.2, 0.25) is 0 Å². The molecule has 1 heterocycles. The summed E-state index contributed by atoms with van der Waals surface area (Å²) >= 11 is 0. The predicted octanol–water partition coefficient (Wildman–Crippen LogP) is 0.00930. The Morgan fingerprint density at radius 3 is 3.14 bits per heavy atom. The highest BCUT2D eigenvalue weighted by Gasteiger charge is 2.17. The minimum atomic E-state index is 0.0918. The number of hydrogen-bond acceptors (Lipinski definition) is 3. The standard InChI is InChI=1S/C10H18N2O2/c1-3-4-10(13)12(2)8-9-7-11-5-6-14-9/h3,9,11H,1,4-8H2,2H3. The lowest BCUT2D eigenvalue weighted by Gasteiger charge is -2.27. The molecule has 0 aliphatic carbocycles. The Bertz CT molecular complexity index is 200. The summed E-state index contributed by atoms with van der Waals surface area (Å²) in [5, 5.41) is 3.23. The quantitative estimate of drug-likeness (QED) is 0.647. The van der Waals surface area contributed by atoms with Crippen molar-refractivity contribution in [3.63, 3.8) is 0 Å². The third-order valence-electron chi connectivity index (χ3n) is 2.23. The molecule has 14 heavy (non-hydrogen) atoms. The summed E-state index contributed by atoms with van der Waals surface area (Å²) in [5.41, 5.74) is 0. The molecule has 0 bridgehead atoms. The molecule has 1 unspecified atom stereocenters. The van der Waals surface area contributed by atoms with Gasteiger partial charge in [0.1, 0.15) is 0 Å². The molecule has 1 saturated heterocycles. The van der Waals surface area contributed by atoms with Crippen molar-refractivity contribution >= 4 is 5.91 Å². The third-order valence-corrected chi connectivity index (χ3v) is 2.23. The highest BCUT2D eigenvalue weighted by atomic mass is 16.5. The number of nitrogens with zero attached hydrogens (tertiary/aromatic N) is 1. The van der Waals surface area contributed by atoms with Gasteiger partial charge in [-0.05, 0) is 0 Å². The zero-order valence-corrected chi connectivity index (χ0v) is 8.66. The van der Waals surface area contributed by atoms with Gasteiger partial charge in [-0.1, -0.05) is 6.08 Å². The van der Waals surface area contributed by atoms with Crippen LogP contribution < -0.4 is 5.32 Å². The second-order valence-electron chi connectivity index (χ2n) is 3.46. The Balaban J connectivity index is 2.27. The molecule has 0 spiro atoms. The van der Waals surface area contributed by atoms with Gasteiger partial charge in [0, 0.05) is 33.1 Å². The van der Waals surface area contributed by atoms with E-state index in [0.29, 0.717) is 13.0 Å². The zero-order chi connectivity index (χ0) is 10.4. The van der Waals surface area contributed by atoms with Crippen molar-refractivity contribution in [3.05, 3.63) is 12.7 Å². The number of morpholine rings is 1. The second-order valence-corrected chi connectivity index (χ2v) is 3.46. The number of likely N-dealkylation sites (N-methyl/N-ethyl adjacent to an activating group) is 1. The van der Waals surface area contributed by atoms with Gasteiger partial charge < -0.3 is 15.0 Å². The van der Waals surface area contributed by atoms with Crippen LogP contribution in [0, 0.1) is 0 Å². The summed E-state index contributed by atoms with van der Waals surface area (Å²) in [6.07, 6.45) is 2.15. The lowest BCUT2D eigenvalue weighted by molar-refractivity contribution is -0.131. The van der Waals surface area contributed by atoms with Gasteiger partial charge in [-0.2, -0.15) is 0 Å². The SMILES string of the molecule is C=CCC(=O)N(C)CC1CNCCO1. The summed E-state index contributed by atoms with van der Waals surface area (Å²) in [5.74, 6) is 0.0918. The monoisotopic (exact) mass is 198 g/mol. The smallest absolute Gasteiger partial charge is 0.226 e. The molecular weight excluding hydrogens is 180 g/mol. The second kappa shape index (κ2) is 5.78. The molecule has 1 aliphatic rings. The van der Waals surface area contributed by atoms with Crippen LogP contribution in [0.3, 0.4) is 0 Å². The van der Waals surface area contributed by atoms with Crippen LogP contribution in [0.15, 0.2) is 12.7 Å². The molecule has 4 heteroatoms. The molecule has 80 valence electrons. The molecule has 0 radical (unpaired) electrons. The van der Waals surface area contributed by atoms with Crippen molar-refractivity contribution < 1.29 is 9.53 Å². The van der Waals surface area contributed by atoms with Gasteiger partial charge in [0.05, 0.1) is 12.7 Å². The van der Waals surface area contributed by atoms with Crippen LogP contribution in [0.25, 0.3) is 0 Å². The van der Waals surface area contributed by atoms with Gasteiger partial charge in [0.2, 0.25) is 5.91 Å². The topological polar surface area (TPSA) is 41.6 Å². The Kier molecular flexibility index (Phi) is 4.62. The lowest BCUT2D eigenvalue weighted by Crippen LogP contribution is -2.45. The number of ether oxygens (including phenoxy) is 1. The maximum Gasteiger partial charge on any atom is 0.226 e. The molecule has 0 aromatic heterocycles. The average Bonchev–Trinajstić information content (AvgIpc) is 2.19. The zero-order valence-electron chi connectivity index (χ0n) is 8.66. The molecule has 0 aromatic carbocycles. The predicted molar refractivity (Wildman–Crippen MR) is 55.1 cm³/mol. The minimum Gasteiger partial charge on any atom is -0.374 e. The Labute approximate surface area is 84.9 Å². The summed E-state index contributed by atoms with van der Waals surface area (Å²) < 4.78 is 5.49. The van der Waals surface area contributed by atoms with Crippen molar-refractivity contribution in [1.82, 2.24) is 10.2 Å². The van der Waals surface area contributed by atoms with Crippen LogP contribution >= 0.6 is 0 Å². The number of nitrogens with one attached hydrogen (secondary N) is 1. The highest BCUT2D eigenvalue weighted by Crippen LogP contribution is 2.00. The van der Waals surface area contributed by atoms with E-state index in [1.165, 1.54) is 0 Å². The van der Waals surface area contributed by atoms with E-state index >= 15 is 0 Å². The lowest BCUT2D eigenvalue weighted by atomic mass is 10.2. The molecule has 1 fully saturated rings. The molecule has 1 rings (SSSR count). The van der Waals surface area contributed by atoms with Crippen molar-refractivity contribution in [3.8, 4) is 0 Å². The van der Waals surface area contributed by atoms with E-state index in [1.54, 1.807) is 18.0 Å². The highest BCUT2D eigenvalue weighted by molar-refractivity contribution is 5.77. The van der Waals surface area contributed by atoms with Crippen molar-refractivity contribution in [2.45, 2.75) is 12.5 Å². The third kappa shape index (κ3) is 3.47. The first kappa shape index (κ1) is 11.2. The first-order valence-electron chi connectivity index (χ1n) is 4.91. The average molecular weight is 198 g/mol. The number of hydrogen-bond donors (Lipinski definition) is 1. The van der Waals surface area contributed by atoms with Gasteiger partial charge in [0.15, 0.2) is 0 Å². The van der Waals surface area contributed by atoms with E-state index < -0.39 is 0 Å². The van der Waals surface area contributed by atoms with Crippen LogP contribution in [-0.4, -0.2) is 50.2 Å². The molecule has 1 atom stereocenters. The summed E-state index contributed by atoms with van der Waals surface area (Å²) in [7, 11) is 1.80. The van der Waals surface area contributed by atoms with Gasteiger partial charge in [-0.25, -0.2) is 0 Å². The number of rotatable bonds is 4. The normalized spacial score (nSPS) is 21.6. The van der Waals surface area contributed by atoms with Crippen molar-refractivity contribution in [1.29, 1.82) is 0 Å². The molecule has 4 nitrogen and oxygen atoms in total. The maximum absolute atomic E-state index is 11.4. The minimum absolute atomic E-state index is 0.0918. The molecule has 0 saturated carbocycles. The largest absolute Gasteiger partial charge is 0.374 e. The van der Waals surface area contributed by atoms with E-state index in [9.17, 15) is 4.79 Å². The Morgan fingerprint density at radius 1 is 1.79 bits per heavy atom. The number of carbonyl (C=O) groups excluding carboxylic acids is 1. The van der Waals surface area contributed by atoms with Crippen molar-refractivity contribution in [2.75, 3.05) is 33.3 Å². The summed E-state index contributed by atoms with van der Waals surface area (Å²) in [4.78, 5) is 13.1. The van der Waals surface area contributed by atoms with Gasteiger partial charge in [0.25, 0.3) is 0 Å². The fourth-order valence-electron chi connectivity index (χ4n) is 1.42. The van der Waals surface area contributed by atoms with Crippen LogP contribution in [-0.2, 0) is 9.53 Å². The summed E-state index contributed by atoms with van der Waals surface area (Å²) in [6, 6.07) is 0. The Hall–Kier alpha value is -0.870. The molecule has 1 N–H and O–H groups in total. The van der Waals surface area contributed by atoms with Gasteiger partial charge >= 0.3 is 0 Å². The number of carbonyl (C=O) groups is 1. The number of amides is 1. The van der Waals surface area contributed by atoms with E-state index in [-0.39, 0.29) is 12.0 Å². The Morgan fingerprint density at radius 2 is 2.57 bits per heavy atom. The fourth-order valence-corrected chi connectivity index (χ4v) is 1.42. The van der Waals surface area contributed by atoms with E-state index in [4.69, 9.17) is 4.74 Å². The van der Waals surface area contributed by atoms with E-state index in [0.717, 1.165) is 19.7 Å². The van der Waals surface area contributed by atoms with Crippen molar-refractivity contribution in [2.24, 2.45) is 0 Å². The van der Waals surface area contributed by atoms with E-state index in [1.807, 2.05) is 0 Å². The fraction of sp³-hybridized carbons (Fsp3) is 0.700. The van der Waals surface area contributed by atoms with Gasteiger partial charge in [-0.3, -0.25) is 4.79 Å². The van der Waals surface area contributed by atoms with Crippen LogP contribution in [0.5, 0.6) is 0 Å². The van der Waals surface area contributed by atoms with Crippen LogP contribution in [0.4, 0.5) is 0 Å². The molecule has 1 amide bonds.